The van der Waals surface area contributed by atoms with Crippen LogP contribution in [0.5, 0.6) is 0 Å². The van der Waals surface area contributed by atoms with Crippen LogP contribution in [0.1, 0.15) is 32.3 Å². The first-order chi connectivity index (χ1) is 14.7. The van der Waals surface area contributed by atoms with E-state index < -0.39 is 16.0 Å². The molecule has 8 nitrogen and oxygen atoms in total. The van der Waals surface area contributed by atoms with Gasteiger partial charge in [-0.2, -0.15) is 0 Å². The summed E-state index contributed by atoms with van der Waals surface area (Å²) < 4.78 is 37.7. The van der Waals surface area contributed by atoms with Gasteiger partial charge in [-0.1, -0.05) is 18.2 Å². The fourth-order valence-corrected chi connectivity index (χ4v) is 4.39. The van der Waals surface area contributed by atoms with Gasteiger partial charge in [0.2, 0.25) is 10.0 Å². The Bertz CT molecular complexity index is 1160. The SMILES string of the molecule is COC(=O)C1=C(C)N(C(C)C)C(=O)/C1=C/c1ccc(CNS(=O)(=O)c2ccccc2)o1. The number of methoxy groups -OCH3 is 1. The molecule has 0 radical (unpaired) electrons. The number of esters is 1. The first-order valence-corrected chi connectivity index (χ1v) is 11.1. The van der Waals surface area contributed by atoms with E-state index in [9.17, 15) is 18.0 Å². The third kappa shape index (κ3) is 4.62. The van der Waals surface area contributed by atoms with Gasteiger partial charge in [0.25, 0.3) is 5.91 Å². The molecule has 1 N–H and O–H groups in total. The molecular weight excluding hydrogens is 420 g/mol. The second-order valence-electron chi connectivity index (χ2n) is 7.22. The van der Waals surface area contributed by atoms with Crippen molar-refractivity contribution in [3.63, 3.8) is 0 Å². The molecule has 0 saturated carbocycles. The lowest BCUT2D eigenvalue weighted by atomic mass is 10.1. The molecule has 2 heterocycles. The van der Waals surface area contributed by atoms with Gasteiger partial charge in [-0.05, 0) is 51.1 Å². The molecule has 9 heteroatoms. The van der Waals surface area contributed by atoms with Gasteiger partial charge in [-0.3, -0.25) is 4.79 Å². The molecule has 0 spiro atoms. The number of nitrogens with one attached hydrogen (secondary N) is 1. The van der Waals surface area contributed by atoms with E-state index in [4.69, 9.17) is 9.15 Å². The molecule has 0 atom stereocenters. The molecule has 31 heavy (non-hydrogen) atoms. The Morgan fingerprint density at radius 3 is 2.48 bits per heavy atom. The van der Waals surface area contributed by atoms with Gasteiger partial charge in [-0.15, -0.1) is 0 Å². The van der Waals surface area contributed by atoms with E-state index in [1.54, 1.807) is 37.3 Å². The Morgan fingerprint density at radius 2 is 1.87 bits per heavy atom. The van der Waals surface area contributed by atoms with Gasteiger partial charge in [-0.25, -0.2) is 17.9 Å². The minimum Gasteiger partial charge on any atom is -0.465 e. The van der Waals surface area contributed by atoms with E-state index >= 15 is 0 Å². The van der Waals surface area contributed by atoms with E-state index in [0.29, 0.717) is 17.2 Å². The first kappa shape index (κ1) is 22.5. The summed E-state index contributed by atoms with van der Waals surface area (Å²) in [5.74, 6) is -0.256. The smallest absolute Gasteiger partial charge is 0.340 e. The molecule has 1 aromatic heterocycles. The molecule has 2 aromatic rings. The van der Waals surface area contributed by atoms with Crippen molar-refractivity contribution in [2.45, 2.75) is 38.3 Å². The second kappa shape index (κ2) is 8.91. The molecule has 1 aliphatic rings. The monoisotopic (exact) mass is 444 g/mol. The van der Waals surface area contributed by atoms with Crippen LogP contribution in [0.4, 0.5) is 0 Å². The largest absolute Gasteiger partial charge is 0.465 e. The molecule has 1 aliphatic heterocycles. The van der Waals surface area contributed by atoms with Crippen molar-refractivity contribution >= 4 is 28.0 Å². The Kier molecular flexibility index (Phi) is 6.47. The predicted molar refractivity (Wildman–Crippen MR) is 114 cm³/mol. The summed E-state index contributed by atoms with van der Waals surface area (Å²) in [5, 5.41) is 0. The summed E-state index contributed by atoms with van der Waals surface area (Å²) in [4.78, 5) is 26.8. The number of ether oxygens (including phenoxy) is 1. The van der Waals surface area contributed by atoms with E-state index in [0.717, 1.165) is 0 Å². The van der Waals surface area contributed by atoms with Crippen molar-refractivity contribution < 1.29 is 27.2 Å². The highest BCUT2D eigenvalue weighted by atomic mass is 32.2. The van der Waals surface area contributed by atoms with Crippen molar-refractivity contribution in [2.75, 3.05) is 7.11 Å². The van der Waals surface area contributed by atoms with Gasteiger partial charge in [0.15, 0.2) is 0 Å². The van der Waals surface area contributed by atoms with Crippen molar-refractivity contribution in [3.8, 4) is 0 Å². The summed E-state index contributed by atoms with van der Waals surface area (Å²) in [6.07, 6.45) is 1.47. The quantitative estimate of drug-likeness (QED) is 0.520. The minimum atomic E-state index is -3.68. The standard InChI is InChI=1S/C22H24N2O6S/c1-14(2)24-15(3)20(22(26)29-4)19(21(24)25)12-16-10-11-17(30-16)13-23-31(27,28)18-8-6-5-7-9-18/h5-12,14,23H,13H2,1-4H3/b19-12+. The average molecular weight is 445 g/mol. The zero-order valence-electron chi connectivity index (χ0n) is 17.7. The maximum atomic E-state index is 12.9. The predicted octanol–water partition coefficient (Wildman–Crippen LogP) is 2.84. The highest BCUT2D eigenvalue weighted by Crippen LogP contribution is 2.33. The first-order valence-electron chi connectivity index (χ1n) is 9.64. The maximum Gasteiger partial charge on any atom is 0.340 e. The summed E-state index contributed by atoms with van der Waals surface area (Å²) in [6.45, 7) is 5.33. The number of carbonyl (C=O) groups is 2. The Morgan fingerprint density at radius 1 is 1.19 bits per heavy atom. The molecule has 0 bridgehead atoms. The van der Waals surface area contributed by atoms with Crippen molar-refractivity contribution in [1.82, 2.24) is 9.62 Å². The molecule has 0 saturated heterocycles. The number of benzene rings is 1. The Labute approximate surface area is 181 Å². The number of rotatable bonds is 7. The van der Waals surface area contributed by atoms with E-state index in [-0.39, 0.29) is 34.5 Å². The summed E-state index contributed by atoms with van der Waals surface area (Å²) in [5.41, 5.74) is 0.869. The van der Waals surface area contributed by atoms with Crippen LogP contribution in [0.2, 0.25) is 0 Å². The van der Waals surface area contributed by atoms with Crippen LogP contribution in [0, 0.1) is 0 Å². The van der Waals surface area contributed by atoms with E-state index in [1.165, 1.54) is 30.2 Å². The minimum absolute atomic E-state index is 0.0643. The van der Waals surface area contributed by atoms with E-state index in [2.05, 4.69) is 4.72 Å². The zero-order chi connectivity index (χ0) is 22.8. The summed E-state index contributed by atoms with van der Waals surface area (Å²) in [7, 11) is -2.43. The molecule has 0 fully saturated rings. The summed E-state index contributed by atoms with van der Waals surface area (Å²) >= 11 is 0. The van der Waals surface area contributed by atoms with Crippen LogP contribution >= 0.6 is 0 Å². The molecule has 0 aliphatic carbocycles. The Hall–Kier alpha value is -3.17. The van der Waals surface area contributed by atoms with Crippen LogP contribution < -0.4 is 4.72 Å². The normalized spacial score (nSPS) is 16.0. The highest BCUT2D eigenvalue weighted by Gasteiger charge is 2.38. The van der Waals surface area contributed by atoms with Gasteiger partial charge < -0.3 is 14.1 Å². The van der Waals surface area contributed by atoms with Crippen LogP contribution in [0.15, 0.2) is 68.6 Å². The third-order valence-corrected chi connectivity index (χ3v) is 6.22. The van der Waals surface area contributed by atoms with Crippen molar-refractivity contribution in [1.29, 1.82) is 0 Å². The fraction of sp³-hybridized carbons (Fsp3) is 0.273. The molecule has 164 valence electrons. The van der Waals surface area contributed by atoms with Crippen LogP contribution in [0.3, 0.4) is 0 Å². The van der Waals surface area contributed by atoms with Gasteiger partial charge >= 0.3 is 5.97 Å². The number of hydrogen-bond donors (Lipinski definition) is 1. The fourth-order valence-electron chi connectivity index (χ4n) is 3.38. The van der Waals surface area contributed by atoms with E-state index in [1.807, 2.05) is 13.8 Å². The number of amides is 1. The highest BCUT2D eigenvalue weighted by molar-refractivity contribution is 7.89. The number of nitrogens with zero attached hydrogens (tertiary/aromatic N) is 1. The number of hydrogen-bond acceptors (Lipinski definition) is 6. The summed E-state index contributed by atoms with van der Waals surface area (Å²) in [6, 6.07) is 11.1. The van der Waals surface area contributed by atoms with Crippen LogP contribution in [-0.2, 0) is 30.9 Å². The number of allylic oxidation sites excluding steroid dienone is 1. The van der Waals surface area contributed by atoms with Gasteiger partial charge in [0.05, 0.1) is 29.7 Å². The second-order valence-corrected chi connectivity index (χ2v) is 8.99. The topological polar surface area (TPSA) is 106 Å². The molecule has 1 amide bonds. The molecular formula is C22H24N2O6S. The van der Waals surface area contributed by atoms with Crippen LogP contribution in [-0.4, -0.2) is 38.3 Å². The van der Waals surface area contributed by atoms with Gasteiger partial charge in [0, 0.05) is 11.7 Å². The Balaban J connectivity index is 1.83. The molecule has 3 rings (SSSR count). The number of furan rings is 1. The zero-order valence-corrected chi connectivity index (χ0v) is 18.5. The molecule has 1 aromatic carbocycles. The lowest BCUT2D eigenvalue weighted by Gasteiger charge is -2.22. The number of carbonyl (C=O) groups excluding carboxylic acids is 2. The van der Waals surface area contributed by atoms with Gasteiger partial charge in [0.1, 0.15) is 11.5 Å². The molecule has 0 unspecified atom stereocenters. The van der Waals surface area contributed by atoms with Crippen molar-refractivity contribution in [2.24, 2.45) is 0 Å². The lowest BCUT2D eigenvalue weighted by molar-refractivity contribution is -0.136. The van der Waals surface area contributed by atoms with Crippen LogP contribution in [0.25, 0.3) is 6.08 Å². The van der Waals surface area contributed by atoms with Crippen molar-refractivity contribution in [3.05, 3.63) is 70.8 Å². The lowest BCUT2D eigenvalue weighted by Crippen LogP contribution is -2.31. The average Bonchev–Trinajstić information content (AvgIpc) is 3.29. The maximum absolute atomic E-state index is 12.9. The number of sulfonamides is 1. The third-order valence-electron chi connectivity index (χ3n) is 4.81.